The van der Waals surface area contributed by atoms with Gasteiger partial charge in [0.1, 0.15) is 0 Å². The van der Waals surface area contributed by atoms with E-state index in [1.807, 2.05) is 12.1 Å². The van der Waals surface area contributed by atoms with E-state index in [9.17, 15) is 4.79 Å². The lowest BCUT2D eigenvalue weighted by atomic mass is 9.98. The lowest BCUT2D eigenvalue weighted by Gasteiger charge is -2.17. The molecule has 21 heavy (non-hydrogen) atoms. The van der Waals surface area contributed by atoms with Gasteiger partial charge in [0.15, 0.2) is 11.5 Å². The van der Waals surface area contributed by atoms with Gasteiger partial charge >= 0.3 is 0 Å². The van der Waals surface area contributed by atoms with Crippen LogP contribution >= 0.6 is 11.6 Å². The highest BCUT2D eigenvalue weighted by atomic mass is 35.5. The van der Waals surface area contributed by atoms with Gasteiger partial charge in [0.25, 0.3) is 0 Å². The number of amides is 1. The zero-order valence-electron chi connectivity index (χ0n) is 12.6. The number of nitrogens with zero attached hydrogens (tertiary/aromatic N) is 1. The molecule has 0 aromatic heterocycles. The summed E-state index contributed by atoms with van der Waals surface area (Å²) in [4.78, 5) is 13.6. The van der Waals surface area contributed by atoms with Crippen LogP contribution in [0.1, 0.15) is 12.5 Å². The third kappa shape index (κ3) is 3.41. The van der Waals surface area contributed by atoms with E-state index in [-0.39, 0.29) is 17.7 Å². The van der Waals surface area contributed by atoms with Gasteiger partial charge in [-0.05, 0) is 23.6 Å². The standard InChI is InChI=1S/C15H21ClN2O3/c1-9-6-18(8-11(9)15(17)19)7-10-4-12(16)14(21-3)13(5-10)20-2/h4-5,9,11H,6-8H2,1-3H3,(H2,17,19)/t9-,11-/m1/s1. The minimum atomic E-state index is -0.227. The van der Waals surface area contributed by atoms with Gasteiger partial charge < -0.3 is 15.2 Å². The zero-order chi connectivity index (χ0) is 15.6. The van der Waals surface area contributed by atoms with Crippen molar-refractivity contribution in [2.75, 3.05) is 27.3 Å². The van der Waals surface area contributed by atoms with E-state index in [0.717, 1.165) is 12.1 Å². The highest BCUT2D eigenvalue weighted by molar-refractivity contribution is 6.32. The van der Waals surface area contributed by atoms with Crippen molar-refractivity contribution < 1.29 is 14.3 Å². The third-order valence-electron chi connectivity index (χ3n) is 3.95. The van der Waals surface area contributed by atoms with Gasteiger partial charge in [-0.1, -0.05) is 18.5 Å². The highest BCUT2D eigenvalue weighted by Gasteiger charge is 2.33. The van der Waals surface area contributed by atoms with E-state index in [0.29, 0.717) is 29.6 Å². The quantitative estimate of drug-likeness (QED) is 0.902. The van der Waals surface area contributed by atoms with E-state index in [1.54, 1.807) is 14.2 Å². The second kappa shape index (κ2) is 6.54. The molecule has 1 aromatic carbocycles. The van der Waals surface area contributed by atoms with E-state index in [4.69, 9.17) is 26.8 Å². The number of nitrogens with two attached hydrogens (primary N) is 1. The zero-order valence-corrected chi connectivity index (χ0v) is 13.3. The maximum Gasteiger partial charge on any atom is 0.222 e. The number of rotatable bonds is 5. The first-order valence-electron chi connectivity index (χ1n) is 6.88. The Bertz CT molecular complexity index is 536. The first-order valence-corrected chi connectivity index (χ1v) is 7.26. The van der Waals surface area contributed by atoms with Crippen molar-refractivity contribution in [3.8, 4) is 11.5 Å². The third-order valence-corrected chi connectivity index (χ3v) is 4.23. The average molecular weight is 313 g/mol. The number of halogens is 1. The number of methoxy groups -OCH3 is 2. The Hall–Kier alpha value is -1.46. The Kier molecular flexibility index (Phi) is 4.96. The van der Waals surface area contributed by atoms with Crippen LogP contribution in [0, 0.1) is 11.8 Å². The van der Waals surface area contributed by atoms with Crippen molar-refractivity contribution in [3.05, 3.63) is 22.7 Å². The summed E-state index contributed by atoms with van der Waals surface area (Å²) in [7, 11) is 3.14. The number of benzene rings is 1. The minimum absolute atomic E-state index is 0.0828. The fourth-order valence-electron chi connectivity index (χ4n) is 2.89. The van der Waals surface area contributed by atoms with Crippen LogP contribution in [0.4, 0.5) is 0 Å². The summed E-state index contributed by atoms with van der Waals surface area (Å²) in [6.07, 6.45) is 0. The average Bonchev–Trinajstić information content (AvgIpc) is 2.79. The summed E-state index contributed by atoms with van der Waals surface area (Å²) in [5, 5.41) is 0.519. The summed E-state index contributed by atoms with van der Waals surface area (Å²) in [5.74, 6) is 1.11. The van der Waals surface area contributed by atoms with Gasteiger partial charge in [0.2, 0.25) is 5.91 Å². The Morgan fingerprint density at radius 2 is 2.10 bits per heavy atom. The molecule has 6 heteroatoms. The molecule has 0 saturated carbocycles. The monoisotopic (exact) mass is 312 g/mol. The Labute approximate surface area is 130 Å². The topological polar surface area (TPSA) is 64.8 Å². The number of ether oxygens (including phenoxy) is 2. The van der Waals surface area contributed by atoms with Crippen molar-refractivity contribution >= 4 is 17.5 Å². The molecule has 2 rings (SSSR count). The second-order valence-corrected chi connectivity index (χ2v) is 5.90. The molecule has 0 radical (unpaired) electrons. The molecule has 116 valence electrons. The lowest BCUT2D eigenvalue weighted by Crippen LogP contribution is -2.29. The van der Waals surface area contributed by atoms with Crippen LogP contribution in [0.25, 0.3) is 0 Å². The molecule has 1 heterocycles. The van der Waals surface area contributed by atoms with E-state index >= 15 is 0 Å². The largest absolute Gasteiger partial charge is 0.493 e. The number of carbonyl (C=O) groups excluding carboxylic acids is 1. The predicted molar refractivity (Wildman–Crippen MR) is 81.7 cm³/mol. The van der Waals surface area contributed by atoms with Crippen molar-refractivity contribution in [2.45, 2.75) is 13.5 Å². The minimum Gasteiger partial charge on any atom is -0.493 e. The van der Waals surface area contributed by atoms with Gasteiger partial charge in [-0.2, -0.15) is 0 Å². The second-order valence-electron chi connectivity index (χ2n) is 5.49. The molecule has 0 spiro atoms. The van der Waals surface area contributed by atoms with Crippen LogP contribution in [-0.4, -0.2) is 38.1 Å². The van der Waals surface area contributed by atoms with Crippen LogP contribution in [0.3, 0.4) is 0 Å². The normalized spacial score (nSPS) is 22.3. The summed E-state index contributed by atoms with van der Waals surface area (Å²) in [6, 6.07) is 3.78. The fourth-order valence-corrected chi connectivity index (χ4v) is 3.20. The Balaban J connectivity index is 2.14. The SMILES string of the molecule is COc1cc(CN2C[C@@H](C)[C@H](C(N)=O)C2)cc(Cl)c1OC. The molecule has 5 nitrogen and oxygen atoms in total. The molecule has 1 aliphatic heterocycles. The number of hydrogen-bond donors (Lipinski definition) is 1. The first-order chi connectivity index (χ1) is 9.96. The van der Waals surface area contributed by atoms with Crippen molar-refractivity contribution in [2.24, 2.45) is 17.6 Å². The molecule has 1 fully saturated rings. The first kappa shape index (κ1) is 15.9. The van der Waals surface area contributed by atoms with E-state index < -0.39 is 0 Å². The van der Waals surface area contributed by atoms with Crippen LogP contribution in [0.2, 0.25) is 5.02 Å². The maximum absolute atomic E-state index is 11.4. The molecular weight excluding hydrogens is 292 g/mol. The van der Waals surface area contributed by atoms with E-state index in [1.165, 1.54) is 0 Å². The number of carbonyl (C=O) groups is 1. The number of primary amides is 1. The van der Waals surface area contributed by atoms with Gasteiger partial charge in [-0.25, -0.2) is 0 Å². The molecule has 0 unspecified atom stereocenters. The Morgan fingerprint density at radius 1 is 1.38 bits per heavy atom. The highest BCUT2D eigenvalue weighted by Crippen LogP contribution is 2.36. The lowest BCUT2D eigenvalue weighted by molar-refractivity contribution is -0.122. The number of likely N-dealkylation sites (tertiary alicyclic amines) is 1. The molecule has 1 amide bonds. The molecule has 1 aromatic rings. The predicted octanol–water partition coefficient (Wildman–Crippen LogP) is 1.91. The maximum atomic E-state index is 11.4. The van der Waals surface area contributed by atoms with Crippen molar-refractivity contribution in [1.82, 2.24) is 4.90 Å². The number of hydrogen-bond acceptors (Lipinski definition) is 4. The van der Waals surface area contributed by atoms with Crippen LogP contribution in [0.5, 0.6) is 11.5 Å². The van der Waals surface area contributed by atoms with E-state index in [2.05, 4.69) is 11.8 Å². The summed E-state index contributed by atoms with van der Waals surface area (Å²) in [5.41, 5.74) is 6.45. The molecule has 0 aliphatic carbocycles. The van der Waals surface area contributed by atoms with Gasteiger partial charge in [0, 0.05) is 19.6 Å². The molecule has 2 atom stereocenters. The fraction of sp³-hybridized carbons (Fsp3) is 0.533. The van der Waals surface area contributed by atoms with Gasteiger partial charge in [-0.3, -0.25) is 9.69 Å². The van der Waals surface area contributed by atoms with Crippen molar-refractivity contribution in [3.63, 3.8) is 0 Å². The molecule has 0 bridgehead atoms. The van der Waals surface area contributed by atoms with Crippen LogP contribution in [-0.2, 0) is 11.3 Å². The molecule has 1 saturated heterocycles. The molecule has 1 aliphatic rings. The van der Waals surface area contributed by atoms with Gasteiger partial charge in [0.05, 0.1) is 25.2 Å². The Morgan fingerprint density at radius 3 is 2.62 bits per heavy atom. The summed E-state index contributed by atoms with van der Waals surface area (Å²) < 4.78 is 10.5. The summed E-state index contributed by atoms with van der Waals surface area (Å²) in [6.45, 7) is 4.28. The van der Waals surface area contributed by atoms with Crippen molar-refractivity contribution in [1.29, 1.82) is 0 Å². The van der Waals surface area contributed by atoms with Crippen LogP contribution in [0.15, 0.2) is 12.1 Å². The molecular formula is C15H21ClN2O3. The molecule has 2 N–H and O–H groups in total. The summed E-state index contributed by atoms with van der Waals surface area (Å²) >= 11 is 6.21. The van der Waals surface area contributed by atoms with Gasteiger partial charge in [-0.15, -0.1) is 0 Å². The smallest absolute Gasteiger partial charge is 0.222 e. The van der Waals surface area contributed by atoms with Crippen LogP contribution < -0.4 is 15.2 Å².